The lowest BCUT2D eigenvalue weighted by Crippen LogP contribution is -2.21. The Morgan fingerprint density at radius 1 is 1.43 bits per heavy atom. The van der Waals surface area contributed by atoms with E-state index in [1.165, 1.54) is 11.1 Å². The molecule has 1 aliphatic carbocycles. The van der Waals surface area contributed by atoms with E-state index in [0.29, 0.717) is 12.5 Å². The van der Waals surface area contributed by atoms with Crippen LogP contribution in [0.2, 0.25) is 0 Å². The van der Waals surface area contributed by atoms with Gasteiger partial charge in [-0.15, -0.1) is 0 Å². The number of aliphatic hydroxyl groups is 1. The summed E-state index contributed by atoms with van der Waals surface area (Å²) in [4.78, 5) is 0. The Bertz CT molecular complexity index is 314. The van der Waals surface area contributed by atoms with Gasteiger partial charge in [-0.2, -0.15) is 0 Å². The van der Waals surface area contributed by atoms with Crippen LogP contribution in [0.25, 0.3) is 0 Å². The van der Waals surface area contributed by atoms with Gasteiger partial charge in [0.15, 0.2) is 0 Å². The maximum Gasteiger partial charge on any atom is 0.0505 e. The van der Waals surface area contributed by atoms with Crippen molar-refractivity contribution in [2.45, 2.75) is 19.3 Å². The van der Waals surface area contributed by atoms with Gasteiger partial charge in [0.2, 0.25) is 0 Å². The van der Waals surface area contributed by atoms with Gasteiger partial charge in [-0.1, -0.05) is 29.8 Å². The number of aliphatic hydroxyl groups excluding tert-OH is 1. The Labute approximate surface area is 84.7 Å². The topological polar surface area (TPSA) is 46.2 Å². The molecule has 1 saturated carbocycles. The fourth-order valence-electron chi connectivity index (χ4n) is 2.08. The van der Waals surface area contributed by atoms with Crippen molar-refractivity contribution in [3.05, 3.63) is 35.4 Å². The summed E-state index contributed by atoms with van der Waals surface area (Å²) in [5, 5.41) is 9.26. The minimum atomic E-state index is -0.0186. The Morgan fingerprint density at radius 2 is 2.07 bits per heavy atom. The quantitative estimate of drug-likeness (QED) is 0.759. The summed E-state index contributed by atoms with van der Waals surface area (Å²) in [6.45, 7) is 2.88. The van der Waals surface area contributed by atoms with E-state index in [1.54, 1.807) is 0 Å². The Kier molecular flexibility index (Phi) is 2.33. The molecule has 2 nitrogen and oxygen atoms in total. The van der Waals surface area contributed by atoms with Crippen LogP contribution in [0.1, 0.15) is 23.5 Å². The monoisotopic (exact) mass is 191 g/mol. The van der Waals surface area contributed by atoms with Crippen LogP contribution in [0.5, 0.6) is 0 Å². The summed E-state index contributed by atoms with van der Waals surface area (Å²) >= 11 is 0. The van der Waals surface area contributed by atoms with Crippen molar-refractivity contribution < 1.29 is 5.11 Å². The molecule has 76 valence electrons. The number of nitrogens with two attached hydrogens (primary N) is 1. The van der Waals surface area contributed by atoms with Crippen molar-refractivity contribution in [2.75, 3.05) is 13.2 Å². The van der Waals surface area contributed by atoms with Crippen LogP contribution in [0.15, 0.2) is 24.3 Å². The van der Waals surface area contributed by atoms with Crippen LogP contribution >= 0.6 is 0 Å². The van der Waals surface area contributed by atoms with Gasteiger partial charge < -0.3 is 10.8 Å². The van der Waals surface area contributed by atoms with Crippen LogP contribution in [-0.4, -0.2) is 18.3 Å². The first kappa shape index (κ1) is 9.69. The van der Waals surface area contributed by atoms with Gasteiger partial charge in [-0.05, 0) is 24.8 Å². The standard InChI is InChI=1S/C12H17NO/c1-9-2-4-10(5-3-9)11-6-12(11,7-13)8-14/h2-5,11,14H,6-8,13H2,1H3/t11-,12-/m0/s1. The van der Waals surface area contributed by atoms with Crippen molar-refractivity contribution in [2.24, 2.45) is 11.1 Å². The van der Waals surface area contributed by atoms with Gasteiger partial charge >= 0.3 is 0 Å². The fourth-order valence-corrected chi connectivity index (χ4v) is 2.08. The van der Waals surface area contributed by atoms with Crippen LogP contribution in [0, 0.1) is 12.3 Å². The second-order valence-corrected chi connectivity index (χ2v) is 4.39. The molecule has 2 atom stereocenters. The van der Waals surface area contributed by atoms with Crippen LogP contribution in [0.4, 0.5) is 0 Å². The summed E-state index contributed by atoms with van der Waals surface area (Å²) in [7, 11) is 0. The minimum Gasteiger partial charge on any atom is -0.396 e. The summed E-state index contributed by atoms with van der Waals surface area (Å²) in [6.07, 6.45) is 1.03. The van der Waals surface area contributed by atoms with Gasteiger partial charge in [0.25, 0.3) is 0 Å². The number of hydrogen-bond donors (Lipinski definition) is 2. The van der Waals surface area contributed by atoms with Crippen molar-refractivity contribution in [1.29, 1.82) is 0 Å². The molecule has 1 aromatic carbocycles. The second-order valence-electron chi connectivity index (χ2n) is 4.39. The predicted octanol–water partition coefficient (Wildman–Crippen LogP) is 1.42. The van der Waals surface area contributed by atoms with Crippen molar-refractivity contribution in [3.63, 3.8) is 0 Å². The van der Waals surface area contributed by atoms with E-state index >= 15 is 0 Å². The fraction of sp³-hybridized carbons (Fsp3) is 0.500. The van der Waals surface area contributed by atoms with E-state index in [1.807, 2.05) is 0 Å². The average Bonchev–Trinajstić information content (AvgIpc) is 2.94. The van der Waals surface area contributed by atoms with Gasteiger partial charge in [-0.25, -0.2) is 0 Å². The molecule has 0 unspecified atom stereocenters. The molecule has 1 fully saturated rings. The largest absolute Gasteiger partial charge is 0.396 e. The average molecular weight is 191 g/mol. The van der Waals surface area contributed by atoms with E-state index in [0.717, 1.165) is 6.42 Å². The lowest BCUT2D eigenvalue weighted by molar-refractivity contribution is 0.211. The summed E-state index contributed by atoms with van der Waals surface area (Å²) < 4.78 is 0. The van der Waals surface area contributed by atoms with Crippen LogP contribution < -0.4 is 5.73 Å². The molecule has 0 amide bonds. The Hall–Kier alpha value is -0.860. The molecule has 0 bridgehead atoms. The molecule has 0 saturated heterocycles. The summed E-state index contributed by atoms with van der Waals surface area (Å²) in [6, 6.07) is 8.53. The van der Waals surface area contributed by atoms with E-state index in [9.17, 15) is 5.11 Å². The normalized spacial score (nSPS) is 30.4. The SMILES string of the molecule is Cc1ccc([C@@H]2C[C@]2(CN)CO)cc1. The zero-order chi connectivity index (χ0) is 10.2. The van der Waals surface area contributed by atoms with E-state index in [2.05, 4.69) is 31.2 Å². The highest BCUT2D eigenvalue weighted by Gasteiger charge is 2.53. The third-order valence-electron chi connectivity index (χ3n) is 3.39. The smallest absolute Gasteiger partial charge is 0.0505 e. The Morgan fingerprint density at radius 3 is 2.50 bits per heavy atom. The third kappa shape index (κ3) is 1.45. The lowest BCUT2D eigenvalue weighted by Gasteiger charge is -2.10. The molecular formula is C12H17NO. The van der Waals surface area contributed by atoms with Crippen molar-refractivity contribution >= 4 is 0 Å². The first-order valence-electron chi connectivity index (χ1n) is 5.09. The van der Waals surface area contributed by atoms with Crippen molar-refractivity contribution in [1.82, 2.24) is 0 Å². The molecule has 14 heavy (non-hydrogen) atoms. The highest BCUT2D eigenvalue weighted by Crippen LogP contribution is 2.58. The number of benzene rings is 1. The molecule has 2 rings (SSSR count). The van der Waals surface area contributed by atoms with Crippen LogP contribution in [-0.2, 0) is 0 Å². The maximum absolute atomic E-state index is 9.26. The molecule has 1 aromatic rings. The zero-order valence-electron chi connectivity index (χ0n) is 8.53. The molecule has 0 aliphatic heterocycles. The second kappa shape index (κ2) is 3.37. The molecule has 1 aliphatic rings. The van der Waals surface area contributed by atoms with E-state index in [-0.39, 0.29) is 12.0 Å². The Balaban J connectivity index is 2.16. The van der Waals surface area contributed by atoms with Gasteiger partial charge in [0.05, 0.1) is 6.61 Å². The van der Waals surface area contributed by atoms with Gasteiger partial charge in [0.1, 0.15) is 0 Å². The maximum atomic E-state index is 9.26. The molecule has 3 N–H and O–H groups in total. The highest BCUT2D eigenvalue weighted by atomic mass is 16.3. The zero-order valence-corrected chi connectivity index (χ0v) is 8.53. The van der Waals surface area contributed by atoms with E-state index in [4.69, 9.17) is 5.73 Å². The third-order valence-corrected chi connectivity index (χ3v) is 3.39. The number of rotatable bonds is 3. The first-order chi connectivity index (χ1) is 6.72. The molecule has 0 spiro atoms. The minimum absolute atomic E-state index is 0.0186. The molecule has 0 heterocycles. The van der Waals surface area contributed by atoms with E-state index < -0.39 is 0 Å². The molecule has 0 aromatic heterocycles. The number of hydrogen-bond acceptors (Lipinski definition) is 2. The lowest BCUT2D eigenvalue weighted by atomic mass is 9.99. The van der Waals surface area contributed by atoms with Crippen LogP contribution in [0.3, 0.4) is 0 Å². The summed E-state index contributed by atoms with van der Waals surface area (Å²) in [5.41, 5.74) is 8.25. The molecular weight excluding hydrogens is 174 g/mol. The summed E-state index contributed by atoms with van der Waals surface area (Å²) in [5.74, 6) is 0.470. The van der Waals surface area contributed by atoms with Gasteiger partial charge in [0, 0.05) is 12.0 Å². The molecule has 2 heteroatoms. The predicted molar refractivity (Wildman–Crippen MR) is 57.1 cm³/mol. The highest BCUT2D eigenvalue weighted by molar-refractivity contribution is 5.32. The number of aryl methyl sites for hydroxylation is 1. The van der Waals surface area contributed by atoms with Crippen molar-refractivity contribution in [3.8, 4) is 0 Å². The molecule has 0 radical (unpaired) electrons. The first-order valence-corrected chi connectivity index (χ1v) is 5.09. The van der Waals surface area contributed by atoms with Gasteiger partial charge in [-0.3, -0.25) is 0 Å².